The van der Waals surface area contributed by atoms with E-state index in [2.05, 4.69) is 5.92 Å². The van der Waals surface area contributed by atoms with E-state index in [1.165, 1.54) is 4.90 Å². The Balaban J connectivity index is 1.85. The first-order chi connectivity index (χ1) is 12.6. The molecule has 0 radical (unpaired) electrons. The SMILES string of the molecule is C#CCN1C(=O)COc2ccc(-c3c(Cl)n4n(c3=O)CCOCC4)cc21. The Kier molecular flexibility index (Phi) is 4.23. The Morgan fingerprint density at radius 3 is 2.73 bits per heavy atom. The molecule has 26 heavy (non-hydrogen) atoms. The number of fused-ring (bicyclic) bond motifs is 2. The Morgan fingerprint density at radius 2 is 1.96 bits per heavy atom. The van der Waals surface area contributed by atoms with Crippen LogP contribution in [0, 0.1) is 12.3 Å². The van der Waals surface area contributed by atoms with Gasteiger partial charge in [-0.1, -0.05) is 23.6 Å². The summed E-state index contributed by atoms with van der Waals surface area (Å²) >= 11 is 6.51. The number of terminal acetylenes is 1. The van der Waals surface area contributed by atoms with Gasteiger partial charge < -0.3 is 9.47 Å². The van der Waals surface area contributed by atoms with E-state index >= 15 is 0 Å². The molecule has 0 bridgehead atoms. The van der Waals surface area contributed by atoms with Crippen LogP contribution in [0.2, 0.25) is 5.15 Å². The average Bonchev–Trinajstić information content (AvgIpc) is 2.82. The fraction of sp³-hybridized carbons (Fsp3) is 0.333. The van der Waals surface area contributed by atoms with Crippen molar-refractivity contribution in [2.24, 2.45) is 0 Å². The van der Waals surface area contributed by atoms with E-state index in [1.807, 2.05) is 0 Å². The number of ether oxygens (including phenoxy) is 2. The predicted octanol–water partition coefficient (Wildman–Crippen LogP) is 1.36. The number of benzene rings is 1. The number of halogens is 1. The molecular weight excluding hydrogens is 358 g/mol. The summed E-state index contributed by atoms with van der Waals surface area (Å²) in [7, 11) is 0. The van der Waals surface area contributed by atoms with Gasteiger partial charge in [-0.3, -0.25) is 19.2 Å². The van der Waals surface area contributed by atoms with E-state index in [0.29, 0.717) is 54.0 Å². The molecular formula is C18H16ClN3O4. The van der Waals surface area contributed by atoms with E-state index in [0.717, 1.165) is 0 Å². The van der Waals surface area contributed by atoms with Crippen LogP contribution in [-0.4, -0.2) is 41.6 Å². The normalized spacial score (nSPS) is 16.3. The Hall–Kier alpha value is -2.69. The first-order valence-corrected chi connectivity index (χ1v) is 8.57. The predicted molar refractivity (Wildman–Crippen MR) is 96.6 cm³/mol. The molecule has 7 nitrogen and oxygen atoms in total. The van der Waals surface area contributed by atoms with Crippen molar-refractivity contribution in [3.8, 4) is 29.2 Å². The minimum Gasteiger partial charge on any atom is -0.482 e. The summed E-state index contributed by atoms with van der Waals surface area (Å²) in [6, 6.07) is 5.22. The van der Waals surface area contributed by atoms with Gasteiger partial charge in [-0.05, 0) is 17.7 Å². The topological polar surface area (TPSA) is 65.7 Å². The summed E-state index contributed by atoms with van der Waals surface area (Å²) in [5.41, 5.74) is 1.37. The van der Waals surface area contributed by atoms with Crippen molar-refractivity contribution in [2.75, 3.05) is 31.3 Å². The van der Waals surface area contributed by atoms with Crippen LogP contribution in [-0.2, 0) is 22.6 Å². The van der Waals surface area contributed by atoms with E-state index in [1.54, 1.807) is 27.6 Å². The second kappa shape index (κ2) is 6.56. The van der Waals surface area contributed by atoms with Gasteiger partial charge in [-0.15, -0.1) is 6.42 Å². The second-order valence-corrected chi connectivity index (χ2v) is 6.34. The van der Waals surface area contributed by atoms with Crippen molar-refractivity contribution in [1.29, 1.82) is 0 Å². The fourth-order valence-electron chi connectivity index (χ4n) is 3.27. The van der Waals surface area contributed by atoms with Crippen molar-refractivity contribution in [2.45, 2.75) is 13.1 Å². The van der Waals surface area contributed by atoms with Gasteiger partial charge in [0.05, 0.1) is 44.1 Å². The standard InChI is InChI=1S/C18H16ClN3O4/c1-2-5-20-13-10-12(3-4-14(13)26-11-15(20)23)16-17(19)21-6-8-25-9-7-22(21)18(16)24/h1,3-4,10H,5-9,11H2. The highest BCUT2D eigenvalue weighted by Crippen LogP contribution is 2.37. The first kappa shape index (κ1) is 16.8. The van der Waals surface area contributed by atoms with Crippen molar-refractivity contribution in [3.63, 3.8) is 0 Å². The third kappa shape index (κ3) is 2.59. The lowest BCUT2D eigenvalue weighted by Gasteiger charge is -2.28. The average molecular weight is 374 g/mol. The molecule has 8 heteroatoms. The van der Waals surface area contributed by atoms with Crippen LogP contribution in [0.5, 0.6) is 5.75 Å². The second-order valence-electron chi connectivity index (χ2n) is 5.98. The molecule has 0 unspecified atom stereocenters. The molecule has 134 valence electrons. The molecule has 0 saturated heterocycles. The summed E-state index contributed by atoms with van der Waals surface area (Å²) in [6.45, 7) is 1.98. The van der Waals surface area contributed by atoms with Crippen LogP contribution >= 0.6 is 11.6 Å². The van der Waals surface area contributed by atoms with Crippen molar-refractivity contribution < 1.29 is 14.3 Å². The van der Waals surface area contributed by atoms with Crippen LogP contribution in [0.25, 0.3) is 11.1 Å². The monoisotopic (exact) mass is 373 g/mol. The number of carbonyl (C=O) groups is 1. The molecule has 1 aromatic heterocycles. The lowest BCUT2D eigenvalue weighted by atomic mass is 10.1. The van der Waals surface area contributed by atoms with Gasteiger partial charge in [0.2, 0.25) is 0 Å². The summed E-state index contributed by atoms with van der Waals surface area (Å²) in [6.07, 6.45) is 5.38. The molecule has 0 fully saturated rings. The van der Waals surface area contributed by atoms with Gasteiger partial charge in [-0.2, -0.15) is 0 Å². The highest BCUT2D eigenvalue weighted by Gasteiger charge is 2.27. The lowest BCUT2D eigenvalue weighted by molar-refractivity contribution is -0.121. The number of nitrogens with zero attached hydrogens (tertiary/aromatic N) is 3. The van der Waals surface area contributed by atoms with Crippen molar-refractivity contribution >= 4 is 23.2 Å². The van der Waals surface area contributed by atoms with Crippen molar-refractivity contribution in [1.82, 2.24) is 9.36 Å². The van der Waals surface area contributed by atoms with Gasteiger partial charge in [-0.25, -0.2) is 4.68 Å². The maximum Gasteiger partial charge on any atom is 0.276 e. The summed E-state index contributed by atoms with van der Waals surface area (Å²) in [4.78, 5) is 26.5. The Morgan fingerprint density at radius 1 is 1.19 bits per heavy atom. The van der Waals surface area contributed by atoms with Gasteiger partial charge in [0.1, 0.15) is 10.9 Å². The zero-order chi connectivity index (χ0) is 18.3. The molecule has 0 atom stereocenters. The van der Waals surface area contributed by atoms with Gasteiger partial charge >= 0.3 is 0 Å². The highest BCUT2D eigenvalue weighted by molar-refractivity contribution is 6.32. The number of hydrogen-bond donors (Lipinski definition) is 0. The number of anilines is 1. The number of hydrogen-bond acceptors (Lipinski definition) is 4. The molecule has 1 amide bonds. The molecule has 1 aromatic carbocycles. The molecule has 0 saturated carbocycles. The number of carbonyl (C=O) groups excluding carboxylic acids is 1. The van der Waals surface area contributed by atoms with E-state index in [-0.39, 0.29) is 24.6 Å². The molecule has 2 aliphatic rings. The quantitative estimate of drug-likeness (QED) is 0.746. The summed E-state index contributed by atoms with van der Waals surface area (Å²) in [5.74, 6) is 2.81. The maximum atomic E-state index is 12.9. The van der Waals surface area contributed by atoms with Gasteiger partial charge in [0.25, 0.3) is 11.5 Å². The van der Waals surface area contributed by atoms with Crippen LogP contribution in [0.3, 0.4) is 0 Å². The fourth-order valence-corrected chi connectivity index (χ4v) is 3.64. The Labute approximate surface area is 154 Å². The highest BCUT2D eigenvalue weighted by atomic mass is 35.5. The molecule has 2 aliphatic heterocycles. The van der Waals surface area contributed by atoms with E-state index < -0.39 is 0 Å². The zero-order valence-corrected chi connectivity index (χ0v) is 14.7. The molecule has 2 aromatic rings. The molecule has 0 aliphatic carbocycles. The third-order valence-corrected chi connectivity index (χ3v) is 4.89. The number of aromatic nitrogens is 2. The smallest absolute Gasteiger partial charge is 0.276 e. The summed E-state index contributed by atoms with van der Waals surface area (Å²) < 4.78 is 14.2. The van der Waals surface area contributed by atoms with Crippen LogP contribution < -0.4 is 15.2 Å². The first-order valence-electron chi connectivity index (χ1n) is 8.19. The maximum absolute atomic E-state index is 12.9. The zero-order valence-electron chi connectivity index (χ0n) is 13.9. The molecule has 4 rings (SSSR count). The molecule has 0 spiro atoms. The van der Waals surface area contributed by atoms with Crippen LogP contribution in [0.1, 0.15) is 0 Å². The largest absolute Gasteiger partial charge is 0.482 e. The summed E-state index contributed by atoms with van der Waals surface area (Å²) in [5, 5.41) is 0.354. The van der Waals surface area contributed by atoms with Gasteiger partial charge in [0.15, 0.2) is 6.61 Å². The third-order valence-electron chi connectivity index (χ3n) is 4.51. The molecule has 0 N–H and O–H groups in total. The Bertz CT molecular complexity index is 986. The van der Waals surface area contributed by atoms with Crippen molar-refractivity contribution in [3.05, 3.63) is 33.7 Å². The minimum atomic E-state index is -0.222. The van der Waals surface area contributed by atoms with E-state index in [9.17, 15) is 9.59 Å². The van der Waals surface area contributed by atoms with E-state index in [4.69, 9.17) is 27.5 Å². The lowest BCUT2D eigenvalue weighted by Crippen LogP contribution is -2.39. The van der Waals surface area contributed by atoms with Gasteiger partial charge in [0, 0.05) is 0 Å². The number of rotatable bonds is 2. The number of amides is 1. The van der Waals surface area contributed by atoms with Crippen LogP contribution in [0.4, 0.5) is 5.69 Å². The minimum absolute atomic E-state index is 0.0576. The van der Waals surface area contributed by atoms with Crippen LogP contribution in [0.15, 0.2) is 23.0 Å². The molecule has 3 heterocycles.